The predicted octanol–water partition coefficient (Wildman–Crippen LogP) is 4.55. The summed E-state index contributed by atoms with van der Waals surface area (Å²) in [6.45, 7) is 0.720. The van der Waals surface area contributed by atoms with Gasteiger partial charge in [0.15, 0.2) is 0 Å². The number of hydrogen-bond donors (Lipinski definition) is 2. The summed E-state index contributed by atoms with van der Waals surface area (Å²) in [4.78, 5) is 8.52. The molecule has 0 amide bonds. The molecule has 27 heavy (non-hydrogen) atoms. The van der Waals surface area contributed by atoms with E-state index in [1.807, 2.05) is 24.3 Å². The fourth-order valence-corrected chi connectivity index (χ4v) is 2.85. The van der Waals surface area contributed by atoms with E-state index in [2.05, 4.69) is 26.7 Å². The molecule has 0 unspecified atom stereocenters. The number of nitrogens with one attached hydrogen (secondary N) is 2. The van der Waals surface area contributed by atoms with E-state index in [-0.39, 0.29) is 0 Å². The number of nitrogens with zero attached hydrogens (tertiary/aromatic N) is 2. The van der Waals surface area contributed by atoms with Crippen LogP contribution in [0.1, 0.15) is 5.56 Å². The van der Waals surface area contributed by atoms with Crippen LogP contribution >= 0.6 is 11.6 Å². The summed E-state index contributed by atoms with van der Waals surface area (Å²) in [5.41, 5.74) is 1.88. The van der Waals surface area contributed by atoms with Gasteiger partial charge in [0, 0.05) is 17.6 Å². The highest BCUT2D eigenvalue weighted by Gasteiger charge is 2.07. The van der Waals surface area contributed by atoms with Crippen LogP contribution in [0.3, 0.4) is 0 Å². The minimum atomic E-state index is 0.613. The maximum atomic E-state index is 6.07. The van der Waals surface area contributed by atoms with Gasteiger partial charge in [-0.3, -0.25) is 0 Å². The minimum absolute atomic E-state index is 0.613. The summed E-state index contributed by atoms with van der Waals surface area (Å²) in [5.74, 6) is 2.94. The SMILES string of the molecule is COc1ccccc1CCNc1cc(Nc2cc(Cl)ccc2OC)ncn1. The lowest BCUT2D eigenvalue weighted by molar-refractivity contribution is 0.410. The number of ether oxygens (including phenoxy) is 2. The molecular formula is C20H21ClN4O2. The molecule has 0 spiro atoms. The zero-order valence-electron chi connectivity index (χ0n) is 15.2. The Morgan fingerprint density at radius 2 is 1.70 bits per heavy atom. The number of para-hydroxylation sites is 1. The van der Waals surface area contributed by atoms with Gasteiger partial charge in [-0.25, -0.2) is 9.97 Å². The van der Waals surface area contributed by atoms with Gasteiger partial charge >= 0.3 is 0 Å². The van der Waals surface area contributed by atoms with Crippen LogP contribution in [-0.4, -0.2) is 30.7 Å². The third-order valence-corrected chi connectivity index (χ3v) is 4.22. The van der Waals surface area contributed by atoms with Crippen molar-refractivity contribution < 1.29 is 9.47 Å². The average molecular weight is 385 g/mol. The Bertz CT molecular complexity index is 905. The second-order valence-electron chi connectivity index (χ2n) is 5.75. The normalized spacial score (nSPS) is 10.3. The quantitative estimate of drug-likeness (QED) is 0.594. The molecule has 3 aromatic rings. The number of methoxy groups -OCH3 is 2. The molecule has 7 heteroatoms. The summed E-state index contributed by atoms with van der Waals surface area (Å²) in [7, 11) is 3.29. The number of hydrogen-bond acceptors (Lipinski definition) is 6. The zero-order chi connectivity index (χ0) is 19.1. The third-order valence-electron chi connectivity index (χ3n) is 3.98. The van der Waals surface area contributed by atoms with Gasteiger partial charge in [0.2, 0.25) is 0 Å². The Labute approximate surface area is 163 Å². The summed E-state index contributed by atoms with van der Waals surface area (Å²) in [6.07, 6.45) is 2.32. The number of halogens is 1. The highest BCUT2D eigenvalue weighted by atomic mass is 35.5. The van der Waals surface area contributed by atoms with Crippen molar-refractivity contribution >= 4 is 28.9 Å². The molecule has 3 rings (SSSR count). The van der Waals surface area contributed by atoms with E-state index in [0.29, 0.717) is 16.6 Å². The molecule has 2 N–H and O–H groups in total. The van der Waals surface area contributed by atoms with Gasteiger partial charge in [0.25, 0.3) is 0 Å². The Morgan fingerprint density at radius 1 is 0.926 bits per heavy atom. The van der Waals surface area contributed by atoms with E-state index in [9.17, 15) is 0 Å². The fourth-order valence-electron chi connectivity index (χ4n) is 2.67. The van der Waals surface area contributed by atoms with Crippen LogP contribution in [0.4, 0.5) is 17.3 Å². The van der Waals surface area contributed by atoms with Crippen molar-refractivity contribution in [2.24, 2.45) is 0 Å². The molecule has 1 aromatic heterocycles. The van der Waals surface area contributed by atoms with Crippen molar-refractivity contribution in [2.75, 3.05) is 31.4 Å². The lowest BCUT2D eigenvalue weighted by atomic mass is 10.1. The molecule has 1 heterocycles. The van der Waals surface area contributed by atoms with Crippen LogP contribution in [0.25, 0.3) is 0 Å². The number of benzene rings is 2. The average Bonchev–Trinajstić information content (AvgIpc) is 2.69. The maximum absolute atomic E-state index is 6.07. The van der Waals surface area contributed by atoms with Crippen molar-refractivity contribution in [3.8, 4) is 11.5 Å². The Morgan fingerprint density at radius 3 is 2.52 bits per heavy atom. The number of anilines is 3. The smallest absolute Gasteiger partial charge is 0.142 e. The molecular weight excluding hydrogens is 364 g/mol. The van der Waals surface area contributed by atoms with Gasteiger partial charge in [-0.05, 0) is 36.2 Å². The van der Waals surface area contributed by atoms with E-state index >= 15 is 0 Å². The van der Waals surface area contributed by atoms with Gasteiger partial charge in [-0.1, -0.05) is 29.8 Å². The van der Waals surface area contributed by atoms with Gasteiger partial charge in [-0.15, -0.1) is 0 Å². The molecule has 6 nitrogen and oxygen atoms in total. The first-order chi connectivity index (χ1) is 13.2. The summed E-state index contributed by atoms with van der Waals surface area (Å²) < 4.78 is 10.7. The summed E-state index contributed by atoms with van der Waals surface area (Å²) in [6, 6.07) is 15.2. The highest BCUT2D eigenvalue weighted by Crippen LogP contribution is 2.30. The van der Waals surface area contributed by atoms with E-state index in [1.54, 1.807) is 32.4 Å². The molecule has 0 atom stereocenters. The molecule has 140 valence electrons. The Kier molecular flexibility index (Phi) is 6.33. The van der Waals surface area contributed by atoms with Crippen molar-refractivity contribution in [3.63, 3.8) is 0 Å². The molecule has 0 radical (unpaired) electrons. The number of aromatic nitrogens is 2. The molecule has 0 saturated carbocycles. The van der Waals surface area contributed by atoms with Crippen molar-refractivity contribution in [3.05, 3.63) is 65.4 Å². The van der Waals surface area contributed by atoms with Gasteiger partial charge in [0.05, 0.1) is 19.9 Å². The molecule has 0 fully saturated rings. The van der Waals surface area contributed by atoms with Crippen LogP contribution in [0.2, 0.25) is 5.02 Å². The third kappa shape index (κ3) is 5.01. The zero-order valence-corrected chi connectivity index (χ0v) is 16.0. The Balaban J connectivity index is 1.65. The first-order valence-corrected chi connectivity index (χ1v) is 8.86. The van der Waals surface area contributed by atoms with Crippen molar-refractivity contribution in [2.45, 2.75) is 6.42 Å². The summed E-state index contributed by atoms with van der Waals surface area (Å²) in [5, 5.41) is 7.13. The minimum Gasteiger partial charge on any atom is -0.496 e. The van der Waals surface area contributed by atoms with Crippen LogP contribution in [-0.2, 0) is 6.42 Å². The second-order valence-corrected chi connectivity index (χ2v) is 6.18. The monoisotopic (exact) mass is 384 g/mol. The molecule has 0 aliphatic rings. The van der Waals surface area contributed by atoms with Crippen LogP contribution in [0, 0.1) is 0 Å². The lowest BCUT2D eigenvalue weighted by Gasteiger charge is -2.12. The maximum Gasteiger partial charge on any atom is 0.142 e. The predicted molar refractivity (Wildman–Crippen MR) is 109 cm³/mol. The van der Waals surface area contributed by atoms with E-state index in [0.717, 1.165) is 35.8 Å². The van der Waals surface area contributed by atoms with Crippen LogP contribution < -0.4 is 20.1 Å². The van der Waals surface area contributed by atoms with E-state index in [4.69, 9.17) is 21.1 Å². The van der Waals surface area contributed by atoms with E-state index < -0.39 is 0 Å². The standard InChI is InChI=1S/C20H21ClN4O2/c1-26-17-6-4-3-5-14(17)9-10-22-19-12-20(24-13-23-19)25-16-11-15(21)7-8-18(16)27-2/h3-8,11-13H,9-10H2,1-2H3,(H2,22,23,24,25). The molecule has 0 aliphatic carbocycles. The summed E-state index contributed by atoms with van der Waals surface area (Å²) >= 11 is 6.07. The second kappa shape index (κ2) is 9.09. The van der Waals surface area contributed by atoms with E-state index in [1.165, 1.54) is 6.33 Å². The van der Waals surface area contributed by atoms with Gasteiger partial charge in [-0.2, -0.15) is 0 Å². The van der Waals surface area contributed by atoms with Crippen LogP contribution in [0.5, 0.6) is 11.5 Å². The van der Waals surface area contributed by atoms with Crippen molar-refractivity contribution in [1.82, 2.24) is 9.97 Å². The molecule has 0 saturated heterocycles. The largest absolute Gasteiger partial charge is 0.496 e. The first-order valence-electron chi connectivity index (χ1n) is 8.48. The Hall–Kier alpha value is -2.99. The molecule has 0 bridgehead atoms. The number of rotatable bonds is 8. The van der Waals surface area contributed by atoms with Gasteiger partial charge in [0.1, 0.15) is 29.5 Å². The fraction of sp³-hybridized carbons (Fsp3) is 0.200. The molecule has 2 aromatic carbocycles. The lowest BCUT2D eigenvalue weighted by Crippen LogP contribution is -2.08. The topological polar surface area (TPSA) is 68.3 Å². The van der Waals surface area contributed by atoms with Crippen molar-refractivity contribution in [1.29, 1.82) is 0 Å². The van der Waals surface area contributed by atoms with Crippen LogP contribution in [0.15, 0.2) is 54.9 Å². The first kappa shape index (κ1) is 18.8. The molecule has 0 aliphatic heterocycles. The van der Waals surface area contributed by atoms with Gasteiger partial charge < -0.3 is 20.1 Å². The highest BCUT2D eigenvalue weighted by molar-refractivity contribution is 6.31.